The molecule has 8 heteroatoms. The quantitative estimate of drug-likeness (QED) is 0.643. The number of aryl methyl sites for hydroxylation is 1. The standard InChI is InChI=1S/C17H18O7S/c1-11-4-2-5-15(16(11)19)25(22,23)9-3-8-24-12-6-7-14(18)13(10-12)17(20)21/h2,4-7,10,18-19H,3,8-9H2,1H3,(H,20,21). The molecule has 0 bridgehead atoms. The summed E-state index contributed by atoms with van der Waals surface area (Å²) in [6, 6.07) is 8.27. The third-order valence-electron chi connectivity index (χ3n) is 3.56. The Morgan fingerprint density at radius 3 is 2.56 bits per heavy atom. The van der Waals surface area contributed by atoms with Crippen LogP contribution in [-0.4, -0.2) is 42.1 Å². The molecule has 0 atom stereocenters. The molecule has 2 aromatic carbocycles. The van der Waals surface area contributed by atoms with E-state index in [0.29, 0.717) is 5.56 Å². The zero-order valence-corrected chi connectivity index (χ0v) is 14.3. The summed E-state index contributed by atoms with van der Waals surface area (Å²) in [5.74, 6) is -1.94. The van der Waals surface area contributed by atoms with Crippen molar-refractivity contribution in [1.29, 1.82) is 0 Å². The number of rotatable bonds is 7. The number of ether oxygens (including phenoxy) is 1. The Morgan fingerprint density at radius 1 is 1.16 bits per heavy atom. The van der Waals surface area contributed by atoms with Gasteiger partial charge in [-0.15, -0.1) is 0 Å². The van der Waals surface area contributed by atoms with Gasteiger partial charge in [-0.2, -0.15) is 0 Å². The highest BCUT2D eigenvalue weighted by Gasteiger charge is 2.19. The number of hydrogen-bond acceptors (Lipinski definition) is 6. The Kier molecular flexibility index (Phi) is 5.53. The minimum absolute atomic E-state index is 0.0373. The number of carboxylic acids is 1. The van der Waals surface area contributed by atoms with Gasteiger partial charge in [0, 0.05) is 0 Å². The highest BCUT2D eigenvalue weighted by Crippen LogP contribution is 2.27. The average Bonchev–Trinajstić information content (AvgIpc) is 2.55. The van der Waals surface area contributed by atoms with Gasteiger partial charge in [-0.05, 0) is 43.2 Å². The van der Waals surface area contributed by atoms with E-state index in [2.05, 4.69) is 0 Å². The summed E-state index contributed by atoms with van der Waals surface area (Å²) >= 11 is 0. The van der Waals surface area contributed by atoms with Crippen LogP contribution in [0.5, 0.6) is 17.2 Å². The van der Waals surface area contributed by atoms with Gasteiger partial charge in [0.2, 0.25) is 0 Å². The van der Waals surface area contributed by atoms with Crippen LogP contribution in [-0.2, 0) is 9.84 Å². The molecule has 3 N–H and O–H groups in total. The predicted molar refractivity (Wildman–Crippen MR) is 90.1 cm³/mol. The number of carboxylic acid groups (broad SMARTS) is 1. The number of aromatic hydroxyl groups is 2. The van der Waals surface area contributed by atoms with Gasteiger partial charge < -0.3 is 20.1 Å². The summed E-state index contributed by atoms with van der Waals surface area (Å²) < 4.78 is 29.9. The molecule has 0 fully saturated rings. The molecule has 0 saturated carbocycles. The van der Waals surface area contributed by atoms with Crippen LogP contribution in [0, 0.1) is 6.92 Å². The molecule has 0 aliphatic heterocycles. The van der Waals surface area contributed by atoms with Crippen molar-refractivity contribution in [3.05, 3.63) is 47.5 Å². The third kappa shape index (κ3) is 4.42. The number of carbonyl (C=O) groups is 1. The van der Waals surface area contributed by atoms with E-state index in [-0.39, 0.29) is 46.5 Å². The van der Waals surface area contributed by atoms with Crippen LogP contribution < -0.4 is 4.74 Å². The zero-order chi connectivity index (χ0) is 18.6. The summed E-state index contributed by atoms with van der Waals surface area (Å²) in [6.07, 6.45) is 0.152. The summed E-state index contributed by atoms with van der Waals surface area (Å²) in [6.45, 7) is 1.65. The van der Waals surface area contributed by atoms with E-state index in [1.165, 1.54) is 24.3 Å². The number of phenolic OH excluding ortho intramolecular Hbond substituents is 1. The second kappa shape index (κ2) is 7.43. The third-order valence-corrected chi connectivity index (χ3v) is 5.39. The number of aromatic carboxylic acids is 1. The maximum atomic E-state index is 12.3. The van der Waals surface area contributed by atoms with Crippen molar-refractivity contribution in [2.24, 2.45) is 0 Å². The molecule has 25 heavy (non-hydrogen) atoms. The molecule has 0 heterocycles. The van der Waals surface area contributed by atoms with Crippen LogP contribution in [0.25, 0.3) is 0 Å². The van der Waals surface area contributed by atoms with Crippen LogP contribution in [0.4, 0.5) is 0 Å². The second-order valence-corrected chi connectivity index (χ2v) is 7.50. The molecule has 0 unspecified atom stereocenters. The van der Waals surface area contributed by atoms with Crippen molar-refractivity contribution < 1.29 is 33.3 Å². The molecule has 0 amide bonds. The monoisotopic (exact) mass is 366 g/mol. The van der Waals surface area contributed by atoms with Crippen molar-refractivity contribution in [2.75, 3.05) is 12.4 Å². The van der Waals surface area contributed by atoms with Crippen LogP contribution >= 0.6 is 0 Å². The lowest BCUT2D eigenvalue weighted by Gasteiger charge is -2.10. The molecule has 0 aromatic heterocycles. The highest BCUT2D eigenvalue weighted by molar-refractivity contribution is 7.91. The summed E-state index contributed by atoms with van der Waals surface area (Å²) in [4.78, 5) is 10.8. The van der Waals surface area contributed by atoms with Crippen LogP contribution in [0.15, 0.2) is 41.3 Å². The SMILES string of the molecule is Cc1cccc(S(=O)(=O)CCCOc2ccc(O)c(C(=O)O)c2)c1O. The van der Waals surface area contributed by atoms with Crippen LogP contribution in [0.2, 0.25) is 0 Å². The minimum Gasteiger partial charge on any atom is -0.507 e. The number of para-hydroxylation sites is 1. The molecule has 0 aliphatic carbocycles. The lowest BCUT2D eigenvalue weighted by Crippen LogP contribution is -2.11. The topological polar surface area (TPSA) is 121 Å². The van der Waals surface area contributed by atoms with Crippen molar-refractivity contribution in [3.63, 3.8) is 0 Å². The highest BCUT2D eigenvalue weighted by atomic mass is 32.2. The zero-order valence-electron chi connectivity index (χ0n) is 13.5. The predicted octanol–water partition coefficient (Wildman–Crippen LogP) is 2.35. The number of hydrogen-bond donors (Lipinski definition) is 3. The van der Waals surface area contributed by atoms with Gasteiger partial charge in [0.05, 0.1) is 12.4 Å². The van der Waals surface area contributed by atoms with Crippen molar-refractivity contribution in [1.82, 2.24) is 0 Å². The Bertz CT molecular complexity index is 888. The molecule has 0 saturated heterocycles. The van der Waals surface area contributed by atoms with E-state index in [0.717, 1.165) is 0 Å². The Balaban J connectivity index is 1.98. The fourth-order valence-corrected chi connectivity index (χ4v) is 3.67. The van der Waals surface area contributed by atoms with Gasteiger partial charge in [-0.1, -0.05) is 12.1 Å². The van der Waals surface area contributed by atoms with Crippen LogP contribution in [0.1, 0.15) is 22.3 Å². The number of phenols is 2. The summed E-state index contributed by atoms with van der Waals surface area (Å²) in [5, 5.41) is 28.2. The van der Waals surface area contributed by atoms with E-state index in [9.17, 15) is 23.4 Å². The molecular formula is C17H18O7S. The minimum atomic E-state index is -3.66. The first-order chi connectivity index (χ1) is 11.7. The number of sulfone groups is 1. The fraction of sp³-hybridized carbons (Fsp3) is 0.235. The Morgan fingerprint density at radius 2 is 1.88 bits per heavy atom. The molecule has 0 aliphatic rings. The molecule has 2 aromatic rings. The Labute approximate surface area is 145 Å². The van der Waals surface area contributed by atoms with Crippen molar-refractivity contribution in [2.45, 2.75) is 18.2 Å². The summed E-state index contributed by atoms with van der Waals surface area (Å²) in [5.41, 5.74) is 0.178. The lowest BCUT2D eigenvalue weighted by molar-refractivity contribution is 0.0693. The van der Waals surface area contributed by atoms with E-state index < -0.39 is 15.8 Å². The number of benzene rings is 2. The molecule has 0 spiro atoms. The van der Waals surface area contributed by atoms with Gasteiger partial charge in [0.15, 0.2) is 9.84 Å². The Hall–Kier alpha value is -2.74. The van der Waals surface area contributed by atoms with Gasteiger partial charge in [-0.3, -0.25) is 0 Å². The van der Waals surface area contributed by atoms with E-state index >= 15 is 0 Å². The molecule has 2 rings (SSSR count). The first-order valence-corrected chi connectivity index (χ1v) is 9.08. The maximum Gasteiger partial charge on any atom is 0.339 e. The molecule has 0 radical (unpaired) electrons. The van der Waals surface area contributed by atoms with Gasteiger partial charge in [-0.25, -0.2) is 13.2 Å². The second-order valence-electron chi connectivity index (χ2n) is 5.43. The first-order valence-electron chi connectivity index (χ1n) is 7.43. The molecular weight excluding hydrogens is 348 g/mol. The van der Waals surface area contributed by atoms with Gasteiger partial charge in [0.1, 0.15) is 27.7 Å². The molecule has 7 nitrogen and oxygen atoms in total. The van der Waals surface area contributed by atoms with Gasteiger partial charge >= 0.3 is 5.97 Å². The normalized spacial score (nSPS) is 11.2. The van der Waals surface area contributed by atoms with Crippen molar-refractivity contribution in [3.8, 4) is 17.2 Å². The smallest absolute Gasteiger partial charge is 0.339 e. The van der Waals surface area contributed by atoms with E-state index in [1.54, 1.807) is 19.1 Å². The average molecular weight is 366 g/mol. The largest absolute Gasteiger partial charge is 0.507 e. The summed E-state index contributed by atoms with van der Waals surface area (Å²) in [7, 11) is -3.66. The van der Waals surface area contributed by atoms with E-state index in [4.69, 9.17) is 9.84 Å². The first kappa shape index (κ1) is 18.6. The van der Waals surface area contributed by atoms with Crippen LogP contribution in [0.3, 0.4) is 0 Å². The van der Waals surface area contributed by atoms with E-state index in [1.807, 2.05) is 0 Å². The lowest BCUT2D eigenvalue weighted by atomic mass is 10.2. The molecule has 134 valence electrons. The fourth-order valence-electron chi connectivity index (χ4n) is 2.21. The maximum absolute atomic E-state index is 12.3. The van der Waals surface area contributed by atoms with Crippen molar-refractivity contribution >= 4 is 15.8 Å². The van der Waals surface area contributed by atoms with Gasteiger partial charge in [0.25, 0.3) is 0 Å².